The van der Waals surface area contributed by atoms with Crippen LogP contribution in [0.1, 0.15) is 20.3 Å². The molecule has 1 N–H and O–H groups in total. The van der Waals surface area contributed by atoms with E-state index in [-0.39, 0.29) is 30.5 Å². The minimum Gasteiger partial charge on any atom is -0.372 e. The lowest BCUT2D eigenvalue weighted by atomic mass is 10.1. The standard InChI is InChI=1S/C14H27N3O2.ClH/c1-11-7-17(8-12(2)19-11)14(18)10-16-5-4-13(9-16)6-15-3;/h11-13,15H,4-10H2,1-3H3;1H. The summed E-state index contributed by atoms with van der Waals surface area (Å²) in [5.74, 6) is 0.951. The van der Waals surface area contributed by atoms with E-state index in [0.717, 1.165) is 32.7 Å². The predicted octanol–water partition coefficient (Wildman–Crippen LogP) is 0.585. The fourth-order valence-corrected chi connectivity index (χ4v) is 3.18. The first-order valence-electron chi connectivity index (χ1n) is 7.38. The number of rotatable bonds is 4. The number of hydrogen-bond donors (Lipinski definition) is 1. The summed E-state index contributed by atoms with van der Waals surface area (Å²) in [6.45, 7) is 9.25. The molecule has 118 valence electrons. The largest absolute Gasteiger partial charge is 0.372 e. The van der Waals surface area contributed by atoms with Gasteiger partial charge in [0.15, 0.2) is 0 Å². The highest BCUT2D eigenvalue weighted by Crippen LogP contribution is 2.16. The lowest BCUT2D eigenvalue weighted by Crippen LogP contribution is -2.50. The molecule has 0 radical (unpaired) electrons. The van der Waals surface area contributed by atoms with Crippen molar-refractivity contribution in [3.63, 3.8) is 0 Å². The maximum absolute atomic E-state index is 12.3. The molecular formula is C14H28ClN3O2. The van der Waals surface area contributed by atoms with Crippen molar-refractivity contribution in [2.75, 3.05) is 46.3 Å². The third kappa shape index (κ3) is 4.88. The topological polar surface area (TPSA) is 44.8 Å². The highest BCUT2D eigenvalue weighted by molar-refractivity contribution is 5.85. The molecular weight excluding hydrogens is 278 g/mol. The van der Waals surface area contributed by atoms with E-state index in [9.17, 15) is 4.79 Å². The summed E-state index contributed by atoms with van der Waals surface area (Å²) in [6, 6.07) is 0. The molecule has 2 fully saturated rings. The van der Waals surface area contributed by atoms with Crippen molar-refractivity contribution in [2.24, 2.45) is 5.92 Å². The Morgan fingerprint density at radius 2 is 1.90 bits per heavy atom. The van der Waals surface area contributed by atoms with Gasteiger partial charge in [0.05, 0.1) is 18.8 Å². The first-order chi connectivity index (χ1) is 9.08. The number of amides is 1. The van der Waals surface area contributed by atoms with Crippen LogP contribution in [0.5, 0.6) is 0 Å². The summed E-state index contributed by atoms with van der Waals surface area (Å²) in [7, 11) is 1.99. The molecule has 3 atom stereocenters. The van der Waals surface area contributed by atoms with Crippen LogP contribution in [-0.2, 0) is 9.53 Å². The van der Waals surface area contributed by atoms with Gasteiger partial charge < -0.3 is 15.0 Å². The SMILES string of the molecule is CNCC1CCN(CC(=O)N2CC(C)OC(C)C2)C1.Cl. The molecule has 0 aliphatic carbocycles. The first kappa shape index (κ1) is 17.7. The average Bonchev–Trinajstić information content (AvgIpc) is 2.76. The van der Waals surface area contributed by atoms with Gasteiger partial charge >= 0.3 is 0 Å². The minimum absolute atomic E-state index is 0. The number of morpholine rings is 1. The monoisotopic (exact) mass is 305 g/mol. The molecule has 0 bridgehead atoms. The van der Waals surface area contributed by atoms with E-state index in [1.54, 1.807) is 0 Å². The molecule has 0 aromatic carbocycles. The zero-order valence-electron chi connectivity index (χ0n) is 12.8. The fraction of sp³-hybridized carbons (Fsp3) is 0.929. The van der Waals surface area contributed by atoms with E-state index < -0.39 is 0 Å². The molecule has 2 saturated heterocycles. The van der Waals surface area contributed by atoms with Gasteiger partial charge in [-0.2, -0.15) is 0 Å². The molecule has 2 heterocycles. The summed E-state index contributed by atoms with van der Waals surface area (Å²) < 4.78 is 5.67. The molecule has 3 unspecified atom stereocenters. The first-order valence-corrected chi connectivity index (χ1v) is 7.38. The molecule has 2 rings (SSSR count). The minimum atomic E-state index is 0. The maximum atomic E-state index is 12.3. The third-order valence-electron chi connectivity index (χ3n) is 3.99. The van der Waals surface area contributed by atoms with Gasteiger partial charge in [0.25, 0.3) is 0 Å². The smallest absolute Gasteiger partial charge is 0.236 e. The van der Waals surface area contributed by atoms with Crippen LogP contribution < -0.4 is 5.32 Å². The zero-order chi connectivity index (χ0) is 13.8. The van der Waals surface area contributed by atoms with E-state index in [1.165, 1.54) is 6.42 Å². The molecule has 20 heavy (non-hydrogen) atoms. The number of hydrogen-bond acceptors (Lipinski definition) is 4. The number of carbonyl (C=O) groups is 1. The van der Waals surface area contributed by atoms with Crippen molar-refractivity contribution in [3.05, 3.63) is 0 Å². The van der Waals surface area contributed by atoms with Crippen molar-refractivity contribution in [3.8, 4) is 0 Å². The Balaban J connectivity index is 0.00000200. The highest BCUT2D eigenvalue weighted by atomic mass is 35.5. The Labute approximate surface area is 128 Å². The van der Waals surface area contributed by atoms with Gasteiger partial charge in [-0.05, 0) is 46.3 Å². The number of halogens is 1. The van der Waals surface area contributed by atoms with Crippen LogP contribution in [-0.4, -0.2) is 74.2 Å². The Morgan fingerprint density at radius 1 is 1.25 bits per heavy atom. The van der Waals surface area contributed by atoms with Crippen LogP contribution in [0, 0.1) is 5.92 Å². The van der Waals surface area contributed by atoms with E-state index in [1.807, 2.05) is 25.8 Å². The molecule has 0 saturated carbocycles. The Hall–Kier alpha value is -0.360. The van der Waals surface area contributed by atoms with Gasteiger partial charge in [0, 0.05) is 19.6 Å². The lowest BCUT2D eigenvalue weighted by molar-refractivity contribution is -0.144. The number of likely N-dealkylation sites (tertiary alicyclic amines) is 1. The van der Waals surface area contributed by atoms with Crippen molar-refractivity contribution in [2.45, 2.75) is 32.5 Å². The van der Waals surface area contributed by atoms with E-state index >= 15 is 0 Å². The summed E-state index contributed by atoms with van der Waals surface area (Å²) in [4.78, 5) is 16.6. The van der Waals surface area contributed by atoms with E-state index in [4.69, 9.17) is 4.74 Å². The highest BCUT2D eigenvalue weighted by Gasteiger charge is 2.29. The fourth-order valence-electron chi connectivity index (χ4n) is 3.18. The van der Waals surface area contributed by atoms with Crippen LogP contribution in [0.4, 0.5) is 0 Å². The molecule has 0 spiro atoms. The molecule has 5 nitrogen and oxygen atoms in total. The van der Waals surface area contributed by atoms with Crippen LogP contribution in [0.15, 0.2) is 0 Å². The third-order valence-corrected chi connectivity index (χ3v) is 3.99. The van der Waals surface area contributed by atoms with Crippen molar-refractivity contribution in [1.29, 1.82) is 0 Å². The van der Waals surface area contributed by atoms with Gasteiger partial charge in [-0.1, -0.05) is 0 Å². The van der Waals surface area contributed by atoms with E-state index in [0.29, 0.717) is 12.5 Å². The predicted molar refractivity (Wildman–Crippen MR) is 82.3 cm³/mol. The summed E-state index contributed by atoms with van der Waals surface area (Å²) >= 11 is 0. The van der Waals surface area contributed by atoms with Crippen molar-refractivity contribution in [1.82, 2.24) is 15.1 Å². The number of ether oxygens (including phenoxy) is 1. The van der Waals surface area contributed by atoms with Crippen LogP contribution in [0.2, 0.25) is 0 Å². The molecule has 6 heteroatoms. The second kappa shape index (κ2) is 8.17. The van der Waals surface area contributed by atoms with Gasteiger partial charge in [0.1, 0.15) is 0 Å². The summed E-state index contributed by atoms with van der Waals surface area (Å²) in [5, 5.41) is 3.22. The van der Waals surface area contributed by atoms with Crippen molar-refractivity contribution >= 4 is 18.3 Å². The molecule has 2 aliphatic heterocycles. The van der Waals surface area contributed by atoms with Crippen LogP contribution in [0.3, 0.4) is 0 Å². The van der Waals surface area contributed by atoms with Gasteiger partial charge in [-0.15, -0.1) is 12.4 Å². The van der Waals surface area contributed by atoms with Gasteiger partial charge in [-0.25, -0.2) is 0 Å². The second-order valence-electron chi connectivity index (χ2n) is 6.00. The molecule has 2 aliphatic rings. The molecule has 1 amide bonds. The number of nitrogens with one attached hydrogen (secondary N) is 1. The van der Waals surface area contributed by atoms with Crippen molar-refractivity contribution < 1.29 is 9.53 Å². The Kier molecular flexibility index (Phi) is 7.23. The Morgan fingerprint density at radius 3 is 2.50 bits per heavy atom. The molecule has 0 aromatic rings. The Bertz CT molecular complexity index is 307. The second-order valence-corrected chi connectivity index (χ2v) is 6.00. The van der Waals surface area contributed by atoms with Gasteiger partial charge in [-0.3, -0.25) is 9.69 Å². The molecule has 0 aromatic heterocycles. The van der Waals surface area contributed by atoms with Crippen LogP contribution in [0.25, 0.3) is 0 Å². The quantitative estimate of drug-likeness (QED) is 0.825. The lowest BCUT2D eigenvalue weighted by Gasteiger charge is -2.36. The maximum Gasteiger partial charge on any atom is 0.236 e. The number of nitrogens with zero attached hydrogens (tertiary/aromatic N) is 2. The van der Waals surface area contributed by atoms with Crippen LogP contribution >= 0.6 is 12.4 Å². The van der Waals surface area contributed by atoms with E-state index in [2.05, 4.69) is 10.2 Å². The normalized spacial score (nSPS) is 31.1. The zero-order valence-corrected chi connectivity index (χ0v) is 13.6. The average molecular weight is 306 g/mol. The summed E-state index contributed by atoms with van der Waals surface area (Å²) in [6.07, 6.45) is 1.51. The summed E-state index contributed by atoms with van der Waals surface area (Å²) in [5.41, 5.74) is 0. The number of carbonyl (C=O) groups excluding carboxylic acids is 1. The van der Waals surface area contributed by atoms with Gasteiger partial charge in [0.2, 0.25) is 5.91 Å².